The molecule has 1 heterocycles. The van der Waals surface area contributed by atoms with Crippen LogP contribution in [0.4, 0.5) is 5.69 Å². The monoisotopic (exact) mass is 439 g/mol. The Morgan fingerprint density at radius 3 is 2.58 bits per heavy atom. The Bertz CT molecular complexity index is 1280. The minimum Gasteiger partial charge on any atom is -0.495 e. The van der Waals surface area contributed by atoms with Crippen LogP contribution in [0.5, 0.6) is 5.75 Å². The number of benzene rings is 2. The first kappa shape index (κ1) is 21.1. The lowest BCUT2D eigenvalue weighted by Gasteiger charge is -2.18. The fourth-order valence-corrected chi connectivity index (χ4v) is 5.36. The SMILES string of the molecule is CCc1ccccc1NS(=O)(=O)c1cc(-c2n[nH]c(=O)c3c2CCCC3)ccc1OC. The maximum Gasteiger partial charge on any atom is 0.267 e. The van der Waals surface area contributed by atoms with Crippen molar-refractivity contribution in [3.05, 3.63) is 69.5 Å². The first-order valence-corrected chi connectivity index (χ1v) is 11.8. The summed E-state index contributed by atoms with van der Waals surface area (Å²) in [5.41, 5.74) is 4.15. The summed E-state index contributed by atoms with van der Waals surface area (Å²) in [5, 5.41) is 6.82. The fraction of sp³-hybridized carbons (Fsp3) is 0.304. The Labute approximate surface area is 181 Å². The van der Waals surface area contributed by atoms with E-state index in [-0.39, 0.29) is 16.2 Å². The number of sulfonamides is 1. The molecular formula is C23H25N3O4S. The van der Waals surface area contributed by atoms with Gasteiger partial charge < -0.3 is 4.74 Å². The molecule has 0 bridgehead atoms. The number of aryl methyl sites for hydroxylation is 1. The largest absolute Gasteiger partial charge is 0.495 e. The smallest absolute Gasteiger partial charge is 0.267 e. The summed E-state index contributed by atoms with van der Waals surface area (Å²) in [6, 6.07) is 12.3. The van der Waals surface area contributed by atoms with E-state index in [4.69, 9.17) is 4.74 Å². The van der Waals surface area contributed by atoms with Crippen molar-refractivity contribution in [2.45, 2.75) is 43.9 Å². The number of anilines is 1. The lowest BCUT2D eigenvalue weighted by atomic mass is 9.90. The van der Waals surface area contributed by atoms with Gasteiger partial charge >= 0.3 is 0 Å². The van der Waals surface area contributed by atoms with Crippen LogP contribution >= 0.6 is 0 Å². The molecule has 1 aliphatic carbocycles. The van der Waals surface area contributed by atoms with Gasteiger partial charge in [0.1, 0.15) is 10.6 Å². The normalized spacial score (nSPS) is 13.5. The van der Waals surface area contributed by atoms with Gasteiger partial charge in [-0.05, 0) is 67.5 Å². The van der Waals surface area contributed by atoms with Gasteiger partial charge in [-0.2, -0.15) is 5.10 Å². The third-order valence-corrected chi connectivity index (χ3v) is 7.05. The molecule has 4 rings (SSSR count). The topological polar surface area (TPSA) is 101 Å². The standard InChI is InChI=1S/C23H25N3O4S/c1-3-15-8-4-7-11-19(15)26-31(28,29)21-14-16(12-13-20(21)30-2)22-17-9-5-6-10-18(17)23(27)25-24-22/h4,7-8,11-14,26H,3,5-6,9-10H2,1-2H3,(H,25,27). The van der Waals surface area contributed by atoms with E-state index in [9.17, 15) is 13.2 Å². The second-order valence-electron chi connectivity index (χ2n) is 7.55. The van der Waals surface area contributed by atoms with Crippen molar-refractivity contribution >= 4 is 15.7 Å². The fourth-order valence-electron chi connectivity index (χ4n) is 4.06. The maximum atomic E-state index is 13.3. The first-order valence-electron chi connectivity index (χ1n) is 10.3. The van der Waals surface area contributed by atoms with Crippen LogP contribution in [0.15, 0.2) is 52.2 Å². The number of hydrogen-bond acceptors (Lipinski definition) is 5. The Hall–Kier alpha value is -3.13. The van der Waals surface area contributed by atoms with E-state index >= 15 is 0 Å². The molecule has 0 unspecified atom stereocenters. The van der Waals surface area contributed by atoms with E-state index in [0.29, 0.717) is 29.8 Å². The quantitative estimate of drug-likeness (QED) is 0.610. The molecule has 2 aromatic carbocycles. The minimum atomic E-state index is -3.92. The number of H-pyrrole nitrogens is 1. The van der Waals surface area contributed by atoms with Gasteiger partial charge in [0, 0.05) is 11.1 Å². The molecule has 8 heteroatoms. The number of rotatable bonds is 6. The highest BCUT2D eigenvalue weighted by Crippen LogP contribution is 2.34. The lowest BCUT2D eigenvalue weighted by molar-refractivity contribution is 0.403. The molecule has 2 N–H and O–H groups in total. The summed E-state index contributed by atoms with van der Waals surface area (Å²) in [7, 11) is -2.48. The summed E-state index contributed by atoms with van der Waals surface area (Å²) in [4.78, 5) is 12.2. The van der Waals surface area contributed by atoms with Crippen molar-refractivity contribution < 1.29 is 13.2 Å². The lowest BCUT2D eigenvalue weighted by Crippen LogP contribution is -2.21. The minimum absolute atomic E-state index is 0.0240. The molecule has 31 heavy (non-hydrogen) atoms. The molecule has 0 amide bonds. The number of nitrogens with one attached hydrogen (secondary N) is 2. The molecule has 0 saturated heterocycles. The average Bonchev–Trinajstić information content (AvgIpc) is 2.79. The molecule has 162 valence electrons. The van der Waals surface area contributed by atoms with Gasteiger partial charge in [0.05, 0.1) is 18.5 Å². The number of aromatic nitrogens is 2. The third kappa shape index (κ3) is 4.07. The van der Waals surface area contributed by atoms with Gasteiger partial charge in [-0.3, -0.25) is 9.52 Å². The summed E-state index contributed by atoms with van der Waals surface area (Å²) in [6.07, 6.45) is 4.09. The summed E-state index contributed by atoms with van der Waals surface area (Å²) in [5.74, 6) is 0.239. The molecule has 0 aliphatic heterocycles. The molecule has 3 aromatic rings. The summed E-state index contributed by atoms with van der Waals surface area (Å²) >= 11 is 0. The van der Waals surface area contributed by atoms with Crippen molar-refractivity contribution in [3.8, 4) is 17.0 Å². The van der Waals surface area contributed by atoms with Crippen LogP contribution < -0.4 is 15.0 Å². The molecule has 0 spiro atoms. The van der Waals surface area contributed by atoms with Crippen LogP contribution in [0.1, 0.15) is 36.5 Å². The first-order chi connectivity index (χ1) is 14.9. The van der Waals surface area contributed by atoms with Crippen molar-refractivity contribution in [2.75, 3.05) is 11.8 Å². The zero-order chi connectivity index (χ0) is 22.0. The summed E-state index contributed by atoms with van der Waals surface area (Å²) in [6.45, 7) is 1.97. The van der Waals surface area contributed by atoms with Gasteiger partial charge in [0.25, 0.3) is 15.6 Å². The second-order valence-corrected chi connectivity index (χ2v) is 9.20. The molecule has 0 radical (unpaired) electrons. The molecule has 1 aliphatic rings. The zero-order valence-electron chi connectivity index (χ0n) is 17.6. The van der Waals surface area contributed by atoms with E-state index in [1.165, 1.54) is 7.11 Å². The van der Waals surface area contributed by atoms with Crippen LogP contribution in [0.2, 0.25) is 0 Å². The molecule has 1 aromatic heterocycles. The Morgan fingerprint density at radius 2 is 1.84 bits per heavy atom. The van der Waals surface area contributed by atoms with E-state index in [0.717, 1.165) is 36.0 Å². The average molecular weight is 440 g/mol. The number of hydrogen-bond donors (Lipinski definition) is 2. The number of para-hydroxylation sites is 1. The number of fused-ring (bicyclic) bond motifs is 1. The second kappa shape index (κ2) is 8.55. The van der Waals surface area contributed by atoms with Gasteiger partial charge in [0.15, 0.2) is 0 Å². The Balaban J connectivity index is 1.81. The third-order valence-electron chi connectivity index (χ3n) is 5.67. The van der Waals surface area contributed by atoms with E-state index in [1.807, 2.05) is 19.1 Å². The van der Waals surface area contributed by atoms with Crippen molar-refractivity contribution in [3.63, 3.8) is 0 Å². The zero-order valence-corrected chi connectivity index (χ0v) is 18.4. The van der Waals surface area contributed by atoms with E-state index in [2.05, 4.69) is 14.9 Å². The van der Waals surface area contributed by atoms with Gasteiger partial charge in [-0.15, -0.1) is 0 Å². The van der Waals surface area contributed by atoms with Crippen LogP contribution in [0.25, 0.3) is 11.3 Å². The highest BCUT2D eigenvalue weighted by Gasteiger charge is 2.24. The van der Waals surface area contributed by atoms with Crippen LogP contribution in [0.3, 0.4) is 0 Å². The number of methoxy groups -OCH3 is 1. The van der Waals surface area contributed by atoms with Crippen molar-refractivity contribution in [1.29, 1.82) is 0 Å². The maximum absolute atomic E-state index is 13.3. The molecule has 0 fully saturated rings. The highest BCUT2D eigenvalue weighted by molar-refractivity contribution is 7.92. The molecule has 7 nitrogen and oxygen atoms in total. The number of ether oxygens (including phenoxy) is 1. The van der Waals surface area contributed by atoms with Crippen molar-refractivity contribution in [1.82, 2.24) is 10.2 Å². The van der Waals surface area contributed by atoms with Gasteiger partial charge in [0.2, 0.25) is 0 Å². The predicted molar refractivity (Wildman–Crippen MR) is 120 cm³/mol. The molecule has 0 atom stereocenters. The Kier molecular flexibility index (Phi) is 5.82. The van der Waals surface area contributed by atoms with Gasteiger partial charge in [-0.25, -0.2) is 13.5 Å². The summed E-state index contributed by atoms with van der Waals surface area (Å²) < 4.78 is 34.7. The molecular weight excluding hydrogens is 414 g/mol. The molecule has 0 saturated carbocycles. The van der Waals surface area contributed by atoms with Crippen LogP contribution in [-0.2, 0) is 29.3 Å². The van der Waals surface area contributed by atoms with Gasteiger partial charge in [-0.1, -0.05) is 25.1 Å². The van der Waals surface area contributed by atoms with Crippen LogP contribution in [0, 0.1) is 0 Å². The highest BCUT2D eigenvalue weighted by atomic mass is 32.2. The predicted octanol–water partition coefficient (Wildman–Crippen LogP) is 3.69. The van der Waals surface area contributed by atoms with E-state index in [1.54, 1.807) is 30.3 Å². The van der Waals surface area contributed by atoms with E-state index < -0.39 is 10.0 Å². The Morgan fingerprint density at radius 1 is 1.10 bits per heavy atom. The number of aromatic amines is 1. The number of nitrogens with zero attached hydrogens (tertiary/aromatic N) is 1. The van der Waals surface area contributed by atoms with Crippen LogP contribution in [-0.4, -0.2) is 25.7 Å². The van der Waals surface area contributed by atoms with Crippen molar-refractivity contribution in [2.24, 2.45) is 0 Å².